The number of hydrogen-bond acceptors (Lipinski definition) is 5. The van der Waals surface area contributed by atoms with Crippen LogP contribution in [0.15, 0.2) is 11.4 Å². The topological polar surface area (TPSA) is 94.5 Å². The number of hydrogen-bond donors (Lipinski definition) is 3. The van der Waals surface area contributed by atoms with Crippen molar-refractivity contribution in [3.8, 4) is 0 Å². The van der Waals surface area contributed by atoms with Gasteiger partial charge in [-0.15, -0.1) is 11.3 Å². The molecule has 0 radical (unpaired) electrons. The molecule has 1 aromatic rings. The molecule has 32 heavy (non-hydrogen) atoms. The second-order valence-corrected chi connectivity index (χ2v) is 9.13. The maximum absolute atomic E-state index is 12.4. The zero-order valence-corrected chi connectivity index (χ0v) is 19.7. The van der Waals surface area contributed by atoms with E-state index in [0.717, 1.165) is 42.9 Å². The Labute approximate surface area is 191 Å². The second kappa shape index (κ2) is 14.6. The predicted molar refractivity (Wildman–Crippen MR) is 117 cm³/mol. The van der Waals surface area contributed by atoms with Gasteiger partial charge >= 0.3 is 18.1 Å². The number of carboxylic acid groups (broad SMARTS) is 1. The van der Waals surface area contributed by atoms with Gasteiger partial charge in [0.1, 0.15) is 12.1 Å². The van der Waals surface area contributed by atoms with E-state index in [1.807, 2.05) is 23.7 Å². The van der Waals surface area contributed by atoms with Gasteiger partial charge in [-0.05, 0) is 56.3 Å². The van der Waals surface area contributed by atoms with Crippen molar-refractivity contribution in [3.63, 3.8) is 0 Å². The van der Waals surface area contributed by atoms with Gasteiger partial charge in [-0.1, -0.05) is 32.6 Å². The van der Waals surface area contributed by atoms with E-state index < -0.39 is 18.2 Å². The van der Waals surface area contributed by atoms with Crippen LogP contribution in [-0.4, -0.2) is 58.8 Å². The molecule has 2 heterocycles. The van der Waals surface area contributed by atoms with Crippen LogP contribution in [0.5, 0.6) is 0 Å². The molecular formula is C22H36F3N2O4S+. The van der Waals surface area contributed by atoms with Crippen molar-refractivity contribution in [2.45, 2.75) is 83.5 Å². The minimum absolute atomic E-state index is 0.0985. The standard InChI is InChI=1S/C20H34N2O2S.C2HF3O2/c1-3-4-5-6-7-10-18(23)21-17(15-22-12-8-9-13-22)19(24)20-16(2)11-14-25-20;3-2(4,5)1(6)7/h11,14,17,19,24H,3-10,12-13,15H2,1-2H3,(H,21,23);(H,6,7)/p+1/t17-,19+;/m1./s1. The number of aryl methyl sites for hydroxylation is 1. The molecule has 184 valence electrons. The fourth-order valence-corrected chi connectivity index (χ4v) is 4.60. The summed E-state index contributed by atoms with van der Waals surface area (Å²) in [5.41, 5.74) is 1.13. The molecule has 4 N–H and O–H groups in total. The van der Waals surface area contributed by atoms with Crippen molar-refractivity contribution in [2.24, 2.45) is 0 Å². The number of thiophene rings is 1. The van der Waals surface area contributed by atoms with Crippen LogP contribution in [-0.2, 0) is 9.59 Å². The Morgan fingerprint density at radius 3 is 2.28 bits per heavy atom. The van der Waals surface area contributed by atoms with Crippen LogP contribution in [0.4, 0.5) is 13.2 Å². The van der Waals surface area contributed by atoms with E-state index in [0.29, 0.717) is 6.42 Å². The molecule has 1 saturated heterocycles. The number of carbonyl (C=O) groups excluding carboxylic acids is 1. The minimum atomic E-state index is -5.08. The Morgan fingerprint density at radius 1 is 1.19 bits per heavy atom. The predicted octanol–water partition coefficient (Wildman–Crippen LogP) is 3.64. The highest BCUT2D eigenvalue weighted by molar-refractivity contribution is 7.10. The number of aliphatic carboxylic acids is 1. The number of halogens is 3. The van der Waals surface area contributed by atoms with E-state index in [1.54, 1.807) is 11.3 Å². The van der Waals surface area contributed by atoms with Gasteiger partial charge in [0, 0.05) is 4.88 Å². The van der Waals surface area contributed by atoms with Gasteiger partial charge in [0.25, 0.3) is 0 Å². The summed E-state index contributed by atoms with van der Waals surface area (Å²) in [5.74, 6) is -2.55. The first-order valence-electron chi connectivity index (χ1n) is 11.2. The molecule has 0 saturated carbocycles. The fourth-order valence-electron chi connectivity index (χ4n) is 3.61. The average molecular weight is 482 g/mol. The van der Waals surface area contributed by atoms with Crippen molar-refractivity contribution in [2.75, 3.05) is 19.6 Å². The van der Waals surface area contributed by atoms with Crippen molar-refractivity contribution < 1.29 is 38.3 Å². The first kappa shape index (κ1) is 28.5. The van der Waals surface area contributed by atoms with Crippen LogP contribution in [0.1, 0.15) is 74.8 Å². The van der Waals surface area contributed by atoms with Crippen molar-refractivity contribution >= 4 is 23.2 Å². The molecule has 0 spiro atoms. The lowest BCUT2D eigenvalue weighted by molar-refractivity contribution is -0.616. The lowest BCUT2D eigenvalue weighted by atomic mass is 10.1. The van der Waals surface area contributed by atoms with Crippen LogP contribution >= 0.6 is 11.3 Å². The quantitative estimate of drug-likeness (QED) is 0.420. The molecule has 1 aromatic heterocycles. The Morgan fingerprint density at radius 2 is 1.78 bits per heavy atom. The second-order valence-electron chi connectivity index (χ2n) is 8.18. The molecule has 2 atom stereocenters. The van der Waals surface area contributed by atoms with Gasteiger partial charge < -0.3 is 10.2 Å². The molecule has 1 amide bonds. The molecule has 1 aliphatic rings. The monoisotopic (exact) mass is 481 g/mol. The van der Waals surface area contributed by atoms with Crippen molar-refractivity contribution in [3.05, 3.63) is 21.9 Å². The first-order valence-corrected chi connectivity index (χ1v) is 12.1. The fraction of sp³-hybridized carbons (Fsp3) is 0.727. The summed E-state index contributed by atoms with van der Waals surface area (Å²) in [4.78, 5) is 24.7. The van der Waals surface area contributed by atoms with Gasteiger partial charge in [0.05, 0.1) is 13.0 Å². The van der Waals surface area contributed by atoms with Gasteiger partial charge in [-0.25, -0.2) is 9.59 Å². The molecule has 1 fully saturated rings. The summed E-state index contributed by atoms with van der Waals surface area (Å²) in [7, 11) is 0. The van der Waals surface area contributed by atoms with E-state index in [9.17, 15) is 23.1 Å². The van der Waals surface area contributed by atoms with Crippen LogP contribution in [0, 0.1) is 6.92 Å². The number of amides is 1. The molecule has 0 unspecified atom stereocenters. The maximum atomic E-state index is 12.4. The minimum Gasteiger partial charge on any atom is -0.475 e. The summed E-state index contributed by atoms with van der Waals surface area (Å²) in [5, 5.41) is 21.9. The average Bonchev–Trinajstić information content (AvgIpc) is 3.38. The number of carboxylic acids is 1. The zero-order valence-electron chi connectivity index (χ0n) is 18.9. The number of alkyl halides is 3. The van der Waals surface area contributed by atoms with E-state index in [4.69, 9.17) is 9.90 Å². The number of rotatable bonds is 11. The Kier molecular flexibility index (Phi) is 13.0. The third kappa shape index (κ3) is 10.9. The molecule has 6 nitrogen and oxygen atoms in total. The molecule has 10 heteroatoms. The third-order valence-corrected chi connectivity index (χ3v) is 6.50. The van der Waals surface area contributed by atoms with Crippen LogP contribution < -0.4 is 5.32 Å². The summed E-state index contributed by atoms with van der Waals surface area (Å²) in [6.45, 7) is 7.21. The lowest BCUT2D eigenvalue weighted by Gasteiger charge is -2.25. The Hall–Kier alpha value is -1.49. The maximum Gasteiger partial charge on any atom is 0.490 e. The lowest BCUT2D eigenvalue weighted by Crippen LogP contribution is -2.95. The van der Waals surface area contributed by atoms with Crippen LogP contribution in [0.25, 0.3) is 0 Å². The normalized spacial score (nSPS) is 16.3. The van der Waals surface area contributed by atoms with Gasteiger partial charge in [-0.3, -0.25) is 10.2 Å². The summed E-state index contributed by atoms with van der Waals surface area (Å²) in [6, 6.07) is 1.95. The summed E-state index contributed by atoms with van der Waals surface area (Å²) < 4.78 is 31.7. The molecule has 0 aliphatic carbocycles. The molecule has 2 rings (SSSR count). The summed E-state index contributed by atoms with van der Waals surface area (Å²) >= 11 is 1.60. The van der Waals surface area contributed by atoms with Gasteiger partial charge in [-0.2, -0.15) is 13.2 Å². The smallest absolute Gasteiger partial charge is 0.475 e. The van der Waals surface area contributed by atoms with Gasteiger partial charge in [0.15, 0.2) is 0 Å². The SMILES string of the molecule is CCCCCCCC(=O)[NH2+][C@H](CN1CCCC1)[C@H](O)c1sccc1C.O=C(O)C(F)(F)F. The summed E-state index contributed by atoms with van der Waals surface area (Å²) in [6.07, 6.45) is 3.24. The number of quaternary nitrogens is 1. The zero-order chi connectivity index (χ0) is 24.1. The Balaban J connectivity index is 0.000000633. The number of aliphatic hydroxyl groups is 1. The molecule has 0 bridgehead atoms. The van der Waals surface area contributed by atoms with Gasteiger partial charge in [0.2, 0.25) is 0 Å². The number of carbonyl (C=O) groups is 2. The van der Waals surface area contributed by atoms with E-state index in [2.05, 4.69) is 11.8 Å². The molecule has 0 aromatic carbocycles. The number of aliphatic hydroxyl groups excluding tert-OH is 1. The molecular weight excluding hydrogens is 445 g/mol. The highest BCUT2D eigenvalue weighted by Gasteiger charge is 2.38. The van der Waals surface area contributed by atoms with Crippen molar-refractivity contribution in [1.82, 2.24) is 4.90 Å². The van der Waals surface area contributed by atoms with E-state index >= 15 is 0 Å². The largest absolute Gasteiger partial charge is 0.490 e. The first-order chi connectivity index (χ1) is 15.1. The highest BCUT2D eigenvalue weighted by atomic mass is 32.1. The van der Waals surface area contributed by atoms with Crippen molar-refractivity contribution in [1.29, 1.82) is 0 Å². The Bertz CT molecular complexity index is 691. The highest BCUT2D eigenvalue weighted by Crippen LogP contribution is 2.26. The number of primary amides is 1. The molecule has 1 aliphatic heterocycles. The van der Waals surface area contributed by atoms with E-state index in [1.165, 1.54) is 32.1 Å². The van der Waals surface area contributed by atoms with Crippen LogP contribution in [0.3, 0.4) is 0 Å². The van der Waals surface area contributed by atoms with Crippen LogP contribution in [0.2, 0.25) is 0 Å². The number of nitrogens with two attached hydrogens (primary N) is 1. The number of unbranched alkanes of at least 4 members (excludes halogenated alkanes) is 4. The third-order valence-electron chi connectivity index (χ3n) is 5.41. The number of nitrogens with zero attached hydrogens (tertiary/aromatic N) is 1. The van der Waals surface area contributed by atoms with E-state index in [-0.39, 0.29) is 11.9 Å². The number of likely N-dealkylation sites (tertiary alicyclic amines) is 1.